The van der Waals surface area contributed by atoms with Gasteiger partial charge in [-0.25, -0.2) is 0 Å². The first kappa shape index (κ1) is 16.5. The van der Waals surface area contributed by atoms with Crippen molar-refractivity contribution in [2.75, 3.05) is 25.5 Å². The number of carbonyl (C=O) groups is 3. The maximum absolute atomic E-state index is 13.4. The molecule has 1 spiro atoms. The fourth-order valence-electron chi connectivity index (χ4n) is 4.32. The van der Waals surface area contributed by atoms with Crippen molar-refractivity contribution in [2.24, 2.45) is 5.92 Å². The van der Waals surface area contributed by atoms with Gasteiger partial charge in [-0.2, -0.15) is 0 Å². The summed E-state index contributed by atoms with van der Waals surface area (Å²) in [6.07, 6.45) is 0.443. The summed E-state index contributed by atoms with van der Waals surface area (Å²) in [6, 6.07) is 16.2. The fraction of sp³-hybridized carbons (Fsp3) is 0.286. The first-order chi connectivity index (χ1) is 12.5. The van der Waals surface area contributed by atoms with Crippen LogP contribution in [0.4, 0.5) is 5.69 Å². The quantitative estimate of drug-likeness (QED) is 0.618. The van der Waals surface area contributed by atoms with Crippen LogP contribution in [-0.2, 0) is 15.0 Å². The lowest BCUT2D eigenvalue weighted by Gasteiger charge is -2.42. The van der Waals surface area contributed by atoms with Crippen molar-refractivity contribution in [1.82, 2.24) is 4.90 Å². The molecule has 0 bridgehead atoms. The number of hydrogen-bond donors (Lipinski definition) is 0. The van der Waals surface area contributed by atoms with E-state index in [1.807, 2.05) is 30.3 Å². The standard InChI is InChI=1S/C21H20N2O3/c1-22-13-12-21(15-10-6-7-11-16(15)23(2)20(21)26)17(19(22)25)18(24)14-8-4-3-5-9-14/h3-11,17H,12-13H2,1-2H3. The number of fused-ring (bicyclic) bond motifs is 2. The van der Waals surface area contributed by atoms with Gasteiger partial charge in [-0.05, 0) is 18.1 Å². The molecule has 0 radical (unpaired) electrons. The lowest BCUT2D eigenvalue weighted by atomic mass is 9.63. The fourth-order valence-corrected chi connectivity index (χ4v) is 4.32. The number of nitrogens with zero attached hydrogens (tertiary/aromatic N) is 2. The van der Waals surface area contributed by atoms with Crippen LogP contribution in [0.2, 0.25) is 0 Å². The number of Topliss-reactive ketones (excluding diaryl/α,β-unsaturated/α-hetero) is 1. The van der Waals surface area contributed by atoms with Crippen LogP contribution in [0, 0.1) is 5.92 Å². The van der Waals surface area contributed by atoms with Crippen molar-refractivity contribution in [2.45, 2.75) is 11.8 Å². The number of rotatable bonds is 2. The topological polar surface area (TPSA) is 57.7 Å². The summed E-state index contributed by atoms with van der Waals surface area (Å²) in [7, 11) is 3.40. The monoisotopic (exact) mass is 348 g/mol. The number of likely N-dealkylation sites (N-methyl/N-ethyl adjacent to an activating group) is 1. The van der Waals surface area contributed by atoms with E-state index in [9.17, 15) is 14.4 Å². The van der Waals surface area contributed by atoms with Gasteiger partial charge in [0.2, 0.25) is 11.8 Å². The highest BCUT2D eigenvalue weighted by Gasteiger charge is 2.61. The van der Waals surface area contributed by atoms with Crippen molar-refractivity contribution < 1.29 is 14.4 Å². The van der Waals surface area contributed by atoms with Gasteiger partial charge >= 0.3 is 0 Å². The molecule has 0 saturated carbocycles. The summed E-state index contributed by atoms with van der Waals surface area (Å²) in [4.78, 5) is 42.9. The minimum atomic E-state index is -1.12. The highest BCUT2D eigenvalue weighted by Crippen LogP contribution is 2.51. The van der Waals surface area contributed by atoms with Crippen LogP contribution in [0.3, 0.4) is 0 Å². The van der Waals surface area contributed by atoms with Crippen LogP contribution in [0.1, 0.15) is 22.3 Å². The molecule has 4 rings (SSSR count). The second-order valence-electron chi connectivity index (χ2n) is 7.03. The molecule has 0 aliphatic carbocycles. The number of likely N-dealkylation sites (tertiary alicyclic amines) is 1. The average Bonchev–Trinajstić information content (AvgIpc) is 2.88. The number of anilines is 1. The van der Waals surface area contributed by atoms with E-state index in [4.69, 9.17) is 0 Å². The molecule has 26 heavy (non-hydrogen) atoms. The minimum absolute atomic E-state index is 0.172. The summed E-state index contributed by atoms with van der Waals surface area (Å²) < 4.78 is 0. The number of para-hydroxylation sites is 1. The second kappa shape index (κ2) is 5.80. The van der Waals surface area contributed by atoms with Crippen LogP contribution >= 0.6 is 0 Å². The minimum Gasteiger partial charge on any atom is -0.345 e. The van der Waals surface area contributed by atoms with E-state index in [1.54, 1.807) is 48.2 Å². The second-order valence-corrected chi connectivity index (χ2v) is 7.03. The van der Waals surface area contributed by atoms with Gasteiger partial charge in [-0.3, -0.25) is 14.4 Å². The Bertz CT molecular complexity index is 908. The molecule has 2 amide bonds. The summed E-state index contributed by atoms with van der Waals surface area (Å²) in [5.41, 5.74) is 0.895. The van der Waals surface area contributed by atoms with Crippen molar-refractivity contribution in [1.29, 1.82) is 0 Å². The van der Waals surface area contributed by atoms with Gasteiger partial charge in [-0.15, -0.1) is 0 Å². The van der Waals surface area contributed by atoms with Crippen molar-refractivity contribution >= 4 is 23.3 Å². The Morgan fingerprint density at radius 1 is 1.00 bits per heavy atom. The van der Waals surface area contributed by atoms with Gasteiger partial charge in [0.15, 0.2) is 5.78 Å². The molecule has 2 heterocycles. The number of ketones is 1. The lowest BCUT2D eigenvalue weighted by Crippen LogP contribution is -2.59. The molecule has 2 atom stereocenters. The molecule has 132 valence electrons. The van der Waals surface area contributed by atoms with Gasteiger partial charge in [0, 0.05) is 31.9 Å². The maximum Gasteiger partial charge on any atom is 0.238 e. The summed E-state index contributed by atoms with van der Waals surface area (Å²) in [6.45, 7) is 0.450. The molecule has 2 aromatic rings. The maximum atomic E-state index is 13.4. The molecule has 5 nitrogen and oxygen atoms in total. The molecule has 0 aromatic heterocycles. The Morgan fingerprint density at radius 3 is 2.38 bits per heavy atom. The zero-order valence-corrected chi connectivity index (χ0v) is 14.8. The predicted molar refractivity (Wildman–Crippen MR) is 98.0 cm³/mol. The van der Waals surface area contributed by atoms with Crippen LogP contribution in [0.5, 0.6) is 0 Å². The highest BCUT2D eigenvalue weighted by molar-refractivity contribution is 6.20. The Kier molecular flexibility index (Phi) is 3.68. The van der Waals surface area contributed by atoms with E-state index < -0.39 is 11.3 Å². The first-order valence-corrected chi connectivity index (χ1v) is 8.70. The number of carbonyl (C=O) groups excluding carboxylic acids is 3. The number of hydrogen-bond acceptors (Lipinski definition) is 3. The zero-order chi connectivity index (χ0) is 18.5. The van der Waals surface area contributed by atoms with Crippen molar-refractivity contribution in [3.63, 3.8) is 0 Å². The third-order valence-electron chi connectivity index (χ3n) is 5.71. The van der Waals surface area contributed by atoms with Gasteiger partial charge in [0.05, 0.1) is 5.41 Å². The molecule has 0 N–H and O–H groups in total. The number of piperidine rings is 1. The Balaban J connectivity index is 1.93. The molecule has 5 heteroatoms. The zero-order valence-electron chi connectivity index (χ0n) is 14.8. The Morgan fingerprint density at radius 2 is 1.65 bits per heavy atom. The van der Waals surface area contributed by atoms with E-state index in [-0.39, 0.29) is 17.6 Å². The third-order valence-corrected chi connectivity index (χ3v) is 5.71. The number of amides is 2. The largest absolute Gasteiger partial charge is 0.345 e. The van der Waals surface area contributed by atoms with E-state index in [1.165, 1.54) is 0 Å². The Hall–Kier alpha value is -2.95. The van der Waals surface area contributed by atoms with Gasteiger partial charge < -0.3 is 9.80 Å². The van der Waals surface area contributed by atoms with Crippen LogP contribution in [0.15, 0.2) is 54.6 Å². The molecule has 2 aliphatic rings. The van der Waals surface area contributed by atoms with E-state index in [0.29, 0.717) is 18.5 Å². The Labute approximate surface area is 152 Å². The van der Waals surface area contributed by atoms with Crippen LogP contribution in [0.25, 0.3) is 0 Å². The first-order valence-electron chi connectivity index (χ1n) is 8.70. The smallest absolute Gasteiger partial charge is 0.238 e. The van der Waals surface area contributed by atoms with Gasteiger partial charge in [0.1, 0.15) is 5.92 Å². The van der Waals surface area contributed by atoms with Crippen LogP contribution < -0.4 is 4.90 Å². The molecular formula is C21H20N2O3. The SMILES string of the molecule is CN1CCC2(C(=O)N(C)c3ccccc32)C(C(=O)c2ccccc2)C1=O. The lowest BCUT2D eigenvalue weighted by molar-refractivity contribution is -0.143. The van der Waals surface area contributed by atoms with E-state index in [2.05, 4.69) is 0 Å². The van der Waals surface area contributed by atoms with Crippen molar-refractivity contribution in [3.05, 3.63) is 65.7 Å². The predicted octanol–water partition coefficient (Wildman–Crippen LogP) is 2.26. The molecule has 2 aliphatic heterocycles. The van der Waals surface area contributed by atoms with Crippen LogP contribution in [-0.4, -0.2) is 43.1 Å². The van der Waals surface area contributed by atoms with Gasteiger partial charge in [0.25, 0.3) is 0 Å². The van der Waals surface area contributed by atoms with Crippen molar-refractivity contribution in [3.8, 4) is 0 Å². The average molecular weight is 348 g/mol. The van der Waals surface area contributed by atoms with Gasteiger partial charge in [-0.1, -0.05) is 48.5 Å². The molecule has 1 fully saturated rings. The summed E-state index contributed by atoms with van der Waals surface area (Å²) in [5.74, 6) is -1.79. The molecule has 1 saturated heterocycles. The molecule has 2 aromatic carbocycles. The highest BCUT2D eigenvalue weighted by atomic mass is 16.2. The van der Waals surface area contributed by atoms with E-state index in [0.717, 1.165) is 11.3 Å². The molecular weight excluding hydrogens is 328 g/mol. The molecule has 2 unspecified atom stereocenters. The normalized spacial score (nSPS) is 24.9. The summed E-state index contributed by atoms with van der Waals surface area (Å²) >= 11 is 0. The summed E-state index contributed by atoms with van der Waals surface area (Å²) in [5, 5.41) is 0. The van der Waals surface area contributed by atoms with E-state index >= 15 is 0 Å². The number of benzene rings is 2. The third kappa shape index (κ3) is 2.06.